The fraction of sp³-hybridized carbons (Fsp3) is 0.739. The molecule has 0 aliphatic carbocycles. The first-order valence-electron chi connectivity index (χ1n) is 32.5. The van der Waals surface area contributed by atoms with Crippen LogP contribution in [-0.2, 0) is 27.9 Å². The van der Waals surface area contributed by atoms with Gasteiger partial charge in [-0.2, -0.15) is 0 Å². The Balaban J connectivity index is 5.15. The van der Waals surface area contributed by atoms with Gasteiger partial charge in [-0.3, -0.25) is 14.2 Å². The quantitative estimate of drug-likeness (QED) is 0.0212. The molecule has 0 heterocycles. The maximum absolute atomic E-state index is 13.6. The van der Waals surface area contributed by atoms with Crippen LogP contribution in [0.3, 0.4) is 0 Å². The zero-order valence-electron chi connectivity index (χ0n) is 52.1. The molecule has 0 bridgehead atoms. The summed E-state index contributed by atoms with van der Waals surface area (Å²) in [4.78, 5) is 40.0. The van der Waals surface area contributed by atoms with E-state index in [0.29, 0.717) is 23.9 Å². The van der Waals surface area contributed by atoms with Crippen LogP contribution >= 0.6 is 7.82 Å². The molecule has 1 N–H and O–H groups in total. The number of carbonyl (C=O) groups is 2. The van der Waals surface area contributed by atoms with E-state index in [1.54, 1.807) is 0 Å². The maximum Gasteiger partial charge on any atom is 0.306 e. The molecule has 3 unspecified atom stereocenters. The minimum Gasteiger partial charge on any atom is -0.756 e. The van der Waals surface area contributed by atoms with Crippen LogP contribution in [0.1, 0.15) is 278 Å². The number of nitrogens with zero attached hydrogens (tertiary/aromatic N) is 1. The van der Waals surface area contributed by atoms with Gasteiger partial charge in [-0.15, -0.1) is 0 Å². The summed E-state index contributed by atoms with van der Waals surface area (Å²) in [5, 5.41) is 3.02. The van der Waals surface area contributed by atoms with E-state index in [1.807, 2.05) is 33.3 Å². The summed E-state index contributed by atoms with van der Waals surface area (Å²) in [5.41, 5.74) is 0. The summed E-state index contributed by atoms with van der Waals surface area (Å²) in [6, 6.07) is -0.916. The number of rotatable bonds is 58. The molecule has 0 spiro atoms. The summed E-state index contributed by atoms with van der Waals surface area (Å²) in [5.74, 6) is -0.609. The Morgan fingerprint density at radius 3 is 1.27 bits per heavy atom. The summed E-state index contributed by atoms with van der Waals surface area (Å²) < 4.78 is 30.3. The van der Waals surface area contributed by atoms with E-state index in [1.165, 1.54) is 154 Å². The number of carbonyl (C=O) groups excluding carboxylic acids is 2. The lowest BCUT2D eigenvalue weighted by Gasteiger charge is -2.30. The topological polar surface area (TPSA) is 114 Å². The number of likely N-dealkylation sites (N-methyl/N-ethyl adjacent to an activating group) is 1. The fourth-order valence-electron chi connectivity index (χ4n) is 9.00. The second-order valence-corrected chi connectivity index (χ2v) is 24.3. The van der Waals surface area contributed by atoms with Crippen molar-refractivity contribution in [1.82, 2.24) is 5.32 Å². The second kappa shape index (κ2) is 58.1. The highest BCUT2D eigenvalue weighted by Gasteiger charge is 2.27. The van der Waals surface area contributed by atoms with Crippen molar-refractivity contribution in [3.63, 3.8) is 0 Å². The smallest absolute Gasteiger partial charge is 0.306 e. The SMILES string of the molecule is CC/C=C\C/C=C\C/C=C\C/C=C\C/C=C\CCCC(=O)OC(/C=C\CCCCCCCCCCC)C(COP(=O)([O-])OCC[N+](C)(C)C)NC(=O)CCCCCCCCCCCCCCCCC/C=C\C/C=C\CCCCC. The standard InChI is InChI=1S/C69H123N2O7P/c1-7-10-13-16-19-22-25-27-29-31-32-33-34-35-36-37-38-40-41-43-46-49-52-55-58-61-68(72)70-66(65-77-79(74,75)76-64-63-71(4,5)6)67(60-57-54-51-48-45-24-21-18-15-12-9-3)78-69(73)62-59-56-53-50-47-44-42-39-30-28-26-23-20-17-14-11-8-2/h11,14,19-20,22-23,27-30,42,44,50,53,57,60,66-67H,7-10,12-13,15-18,21,24-26,31-41,43,45-49,51-52,54-56,58-59,61-65H2,1-6H3,(H-,70,72,74,75)/b14-11-,22-19-,23-20-,29-27-,30-28-,44-42-,53-50-,60-57-. The normalized spacial score (nSPS) is 14.3. The fourth-order valence-corrected chi connectivity index (χ4v) is 9.72. The minimum atomic E-state index is -4.72. The number of ether oxygens (including phenoxy) is 1. The van der Waals surface area contributed by atoms with Gasteiger partial charge in [0.2, 0.25) is 5.91 Å². The molecule has 79 heavy (non-hydrogen) atoms. The molecule has 0 radical (unpaired) electrons. The van der Waals surface area contributed by atoms with E-state index in [2.05, 4.69) is 111 Å². The lowest BCUT2D eigenvalue weighted by atomic mass is 10.0. The number of quaternary nitrogens is 1. The van der Waals surface area contributed by atoms with Crippen LogP contribution in [0.15, 0.2) is 97.2 Å². The first kappa shape index (κ1) is 75.9. The van der Waals surface area contributed by atoms with Gasteiger partial charge in [0.15, 0.2) is 0 Å². The number of allylic oxidation sites excluding steroid dienone is 15. The molecule has 1 amide bonds. The van der Waals surface area contributed by atoms with E-state index in [0.717, 1.165) is 83.5 Å². The van der Waals surface area contributed by atoms with Crippen molar-refractivity contribution in [2.75, 3.05) is 40.9 Å². The lowest BCUT2D eigenvalue weighted by molar-refractivity contribution is -0.870. The number of phosphoric ester groups is 1. The van der Waals surface area contributed by atoms with Crippen LogP contribution in [0.25, 0.3) is 0 Å². The third kappa shape index (κ3) is 59.4. The highest BCUT2D eigenvalue weighted by molar-refractivity contribution is 7.45. The molecule has 0 aromatic rings. The number of hydrogen-bond acceptors (Lipinski definition) is 7. The number of amides is 1. The van der Waals surface area contributed by atoms with Crippen LogP contribution in [0.4, 0.5) is 0 Å². The Labute approximate surface area is 488 Å². The highest BCUT2D eigenvalue weighted by atomic mass is 31.2. The summed E-state index contributed by atoms with van der Waals surface area (Å²) >= 11 is 0. The molecule has 0 saturated heterocycles. The predicted octanol–water partition coefficient (Wildman–Crippen LogP) is 19.7. The molecule has 0 fully saturated rings. The van der Waals surface area contributed by atoms with Gasteiger partial charge in [0.25, 0.3) is 7.82 Å². The van der Waals surface area contributed by atoms with Gasteiger partial charge in [-0.1, -0.05) is 260 Å². The van der Waals surface area contributed by atoms with E-state index in [-0.39, 0.29) is 18.9 Å². The van der Waals surface area contributed by atoms with E-state index >= 15 is 0 Å². The molecule has 3 atom stereocenters. The van der Waals surface area contributed by atoms with E-state index in [4.69, 9.17) is 13.8 Å². The third-order valence-electron chi connectivity index (χ3n) is 14.0. The Hall–Kier alpha value is -3.07. The van der Waals surface area contributed by atoms with E-state index < -0.39 is 32.5 Å². The Morgan fingerprint density at radius 1 is 0.456 bits per heavy atom. The Kier molecular flexibility index (Phi) is 55.9. The molecule has 0 aliphatic rings. The van der Waals surface area contributed by atoms with Crippen molar-refractivity contribution in [3.05, 3.63) is 97.2 Å². The largest absolute Gasteiger partial charge is 0.756 e. The van der Waals surface area contributed by atoms with Crippen molar-refractivity contribution in [1.29, 1.82) is 0 Å². The number of unbranched alkanes of at least 4 members (excludes halogenated alkanes) is 28. The van der Waals surface area contributed by atoms with Crippen molar-refractivity contribution in [2.24, 2.45) is 0 Å². The van der Waals surface area contributed by atoms with Crippen LogP contribution < -0.4 is 10.2 Å². The van der Waals surface area contributed by atoms with Crippen molar-refractivity contribution >= 4 is 19.7 Å². The van der Waals surface area contributed by atoms with Crippen LogP contribution in [-0.4, -0.2) is 69.4 Å². The Morgan fingerprint density at radius 2 is 0.823 bits per heavy atom. The van der Waals surface area contributed by atoms with Gasteiger partial charge >= 0.3 is 5.97 Å². The number of phosphoric acid groups is 1. The number of hydrogen-bond donors (Lipinski definition) is 1. The zero-order valence-corrected chi connectivity index (χ0v) is 52.9. The predicted molar refractivity (Wildman–Crippen MR) is 339 cm³/mol. The van der Waals surface area contributed by atoms with Gasteiger partial charge in [-0.25, -0.2) is 0 Å². The lowest BCUT2D eigenvalue weighted by Crippen LogP contribution is -2.47. The van der Waals surface area contributed by atoms with Crippen molar-refractivity contribution in [3.8, 4) is 0 Å². The minimum absolute atomic E-state index is 0.0345. The number of nitrogens with one attached hydrogen (secondary N) is 1. The summed E-state index contributed by atoms with van der Waals surface area (Å²) in [6.45, 7) is 6.67. The monoisotopic (exact) mass is 1120 g/mol. The van der Waals surface area contributed by atoms with Gasteiger partial charge in [0.05, 0.1) is 33.8 Å². The molecular formula is C69H123N2O7P. The molecule has 10 heteroatoms. The average molecular weight is 1120 g/mol. The second-order valence-electron chi connectivity index (χ2n) is 22.9. The molecule has 0 aliphatic heterocycles. The van der Waals surface area contributed by atoms with Gasteiger partial charge < -0.3 is 28.5 Å². The average Bonchev–Trinajstić information content (AvgIpc) is 3.41. The molecular weight excluding hydrogens is 1000 g/mol. The summed E-state index contributed by atoms with van der Waals surface area (Å²) in [6.07, 6.45) is 78.2. The van der Waals surface area contributed by atoms with Gasteiger partial charge in [0, 0.05) is 12.8 Å². The molecule has 456 valence electrons. The van der Waals surface area contributed by atoms with Crippen molar-refractivity contribution < 1.29 is 37.3 Å². The molecule has 0 aromatic heterocycles. The van der Waals surface area contributed by atoms with Crippen LogP contribution in [0.5, 0.6) is 0 Å². The van der Waals surface area contributed by atoms with E-state index in [9.17, 15) is 19.0 Å². The first-order chi connectivity index (χ1) is 38.4. The van der Waals surface area contributed by atoms with Crippen LogP contribution in [0, 0.1) is 0 Å². The van der Waals surface area contributed by atoms with Crippen molar-refractivity contribution in [2.45, 2.75) is 290 Å². The molecule has 9 nitrogen and oxygen atoms in total. The molecule has 0 rings (SSSR count). The summed E-state index contributed by atoms with van der Waals surface area (Å²) in [7, 11) is 1.15. The highest BCUT2D eigenvalue weighted by Crippen LogP contribution is 2.38. The number of esters is 1. The van der Waals surface area contributed by atoms with Gasteiger partial charge in [0.1, 0.15) is 19.3 Å². The van der Waals surface area contributed by atoms with Crippen LogP contribution in [0.2, 0.25) is 0 Å². The maximum atomic E-state index is 13.6. The third-order valence-corrected chi connectivity index (χ3v) is 15.0. The van der Waals surface area contributed by atoms with Gasteiger partial charge in [-0.05, 0) is 102 Å². The molecule has 0 saturated carbocycles. The zero-order chi connectivity index (χ0) is 57.9. The first-order valence-corrected chi connectivity index (χ1v) is 34.0. The Bertz CT molecular complexity index is 1670. The molecule has 0 aromatic carbocycles.